The maximum absolute atomic E-state index is 12.4. The summed E-state index contributed by atoms with van der Waals surface area (Å²) in [6.07, 6.45) is 0. The molecule has 2 N–H and O–H groups in total. The Kier molecular flexibility index (Phi) is 4.65. The van der Waals surface area contributed by atoms with E-state index in [2.05, 4.69) is 5.32 Å². The van der Waals surface area contributed by atoms with Crippen LogP contribution in [-0.2, 0) is 9.53 Å². The van der Waals surface area contributed by atoms with Crippen molar-refractivity contribution in [3.05, 3.63) is 42.0 Å². The third-order valence-electron chi connectivity index (χ3n) is 3.55. The number of rotatable bonds is 4. The molecule has 1 amide bonds. The first-order valence-corrected chi connectivity index (χ1v) is 7.05. The summed E-state index contributed by atoms with van der Waals surface area (Å²) >= 11 is 0. The Morgan fingerprint density at radius 3 is 2.45 bits per heavy atom. The van der Waals surface area contributed by atoms with Gasteiger partial charge in [-0.3, -0.25) is 4.79 Å². The number of phenols is 1. The second-order valence-electron chi connectivity index (χ2n) is 5.40. The Labute approximate surface area is 128 Å². The standard InChI is InChI=1S/C17H19NO4/c1-10(2)14(17(21)22-3)18-16(20)13-9-8-11-6-4-5-7-12(11)15(13)19/h4-10,14,19H,1-3H3,(H,18,20)/t14-/m1/s1. The van der Waals surface area contributed by atoms with Gasteiger partial charge in [-0.1, -0.05) is 44.2 Å². The maximum atomic E-state index is 12.4. The van der Waals surface area contributed by atoms with Crippen LogP contribution in [0.5, 0.6) is 5.75 Å². The van der Waals surface area contributed by atoms with Gasteiger partial charge in [0.1, 0.15) is 11.8 Å². The van der Waals surface area contributed by atoms with Crippen LogP contribution in [0.2, 0.25) is 0 Å². The zero-order valence-electron chi connectivity index (χ0n) is 12.8. The molecule has 0 saturated carbocycles. The molecule has 0 bridgehead atoms. The Morgan fingerprint density at radius 2 is 1.82 bits per heavy atom. The fraction of sp³-hybridized carbons (Fsp3) is 0.294. The minimum atomic E-state index is -0.761. The van der Waals surface area contributed by atoms with E-state index >= 15 is 0 Å². The minimum absolute atomic E-state index is 0.0945. The minimum Gasteiger partial charge on any atom is -0.506 e. The number of hydrogen-bond acceptors (Lipinski definition) is 4. The normalized spacial score (nSPS) is 12.2. The number of methoxy groups -OCH3 is 1. The fourth-order valence-electron chi connectivity index (χ4n) is 2.28. The molecule has 0 saturated heterocycles. The summed E-state index contributed by atoms with van der Waals surface area (Å²) in [7, 11) is 1.28. The van der Waals surface area contributed by atoms with E-state index in [0.29, 0.717) is 5.39 Å². The monoisotopic (exact) mass is 301 g/mol. The van der Waals surface area contributed by atoms with Gasteiger partial charge in [0.15, 0.2) is 0 Å². The van der Waals surface area contributed by atoms with Crippen molar-refractivity contribution in [2.24, 2.45) is 5.92 Å². The lowest BCUT2D eigenvalue weighted by Gasteiger charge is -2.20. The van der Waals surface area contributed by atoms with Gasteiger partial charge in [0, 0.05) is 5.39 Å². The summed E-state index contributed by atoms with van der Waals surface area (Å²) in [6.45, 7) is 3.62. The molecule has 0 aliphatic carbocycles. The van der Waals surface area contributed by atoms with Crippen molar-refractivity contribution in [1.82, 2.24) is 5.32 Å². The number of carbonyl (C=O) groups is 2. The van der Waals surface area contributed by atoms with Gasteiger partial charge >= 0.3 is 5.97 Å². The van der Waals surface area contributed by atoms with Gasteiger partial charge in [0.2, 0.25) is 0 Å². The highest BCUT2D eigenvalue weighted by molar-refractivity contribution is 6.04. The Morgan fingerprint density at radius 1 is 1.14 bits per heavy atom. The van der Waals surface area contributed by atoms with Gasteiger partial charge < -0.3 is 15.2 Å². The lowest BCUT2D eigenvalue weighted by atomic mass is 10.0. The second-order valence-corrected chi connectivity index (χ2v) is 5.40. The number of nitrogens with one attached hydrogen (secondary N) is 1. The SMILES string of the molecule is COC(=O)[C@H](NC(=O)c1ccc2ccccc2c1O)C(C)C. The van der Waals surface area contributed by atoms with Gasteiger partial charge in [-0.2, -0.15) is 0 Å². The summed E-state index contributed by atoms with van der Waals surface area (Å²) < 4.78 is 4.69. The molecule has 2 rings (SSSR count). The molecule has 5 heteroatoms. The van der Waals surface area contributed by atoms with Crippen molar-refractivity contribution in [3.8, 4) is 5.75 Å². The maximum Gasteiger partial charge on any atom is 0.328 e. The molecule has 2 aromatic carbocycles. The van der Waals surface area contributed by atoms with Crippen LogP contribution in [0.3, 0.4) is 0 Å². The second kappa shape index (κ2) is 6.47. The molecule has 0 radical (unpaired) electrons. The van der Waals surface area contributed by atoms with E-state index in [-0.39, 0.29) is 17.2 Å². The highest BCUT2D eigenvalue weighted by Gasteiger charge is 2.26. The smallest absolute Gasteiger partial charge is 0.328 e. The first kappa shape index (κ1) is 15.8. The number of carbonyl (C=O) groups excluding carboxylic acids is 2. The van der Waals surface area contributed by atoms with Gasteiger partial charge in [0.05, 0.1) is 12.7 Å². The first-order chi connectivity index (χ1) is 10.5. The highest BCUT2D eigenvalue weighted by atomic mass is 16.5. The number of fused-ring (bicyclic) bond motifs is 1. The topological polar surface area (TPSA) is 75.6 Å². The predicted octanol–water partition coefficient (Wildman–Crippen LogP) is 2.47. The van der Waals surface area contributed by atoms with Gasteiger partial charge in [-0.15, -0.1) is 0 Å². The molecule has 116 valence electrons. The zero-order chi connectivity index (χ0) is 16.3. The van der Waals surface area contributed by atoms with Crippen molar-refractivity contribution < 1.29 is 19.4 Å². The summed E-state index contributed by atoms with van der Waals surface area (Å²) in [5, 5.41) is 14.3. The van der Waals surface area contributed by atoms with Crippen molar-refractivity contribution >= 4 is 22.6 Å². The Balaban J connectivity index is 2.33. The van der Waals surface area contributed by atoms with Crippen molar-refractivity contribution in [2.75, 3.05) is 7.11 Å². The molecule has 2 aromatic rings. The van der Waals surface area contributed by atoms with Crippen LogP contribution in [0.4, 0.5) is 0 Å². The molecule has 0 aliphatic rings. The van der Waals surface area contributed by atoms with E-state index in [0.717, 1.165) is 5.39 Å². The van der Waals surface area contributed by atoms with Crippen LogP contribution >= 0.6 is 0 Å². The van der Waals surface area contributed by atoms with E-state index in [9.17, 15) is 14.7 Å². The highest BCUT2D eigenvalue weighted by Crippen LogP contribution is 2.28. The number of ether oxygens (including phenoxy) is 1. The van der Waals surface area contributed by atoms with Crippen molar-refractivity contribution in [2.45, 2.75) is 19.9 Å². The summed E-state index contributed by atoms with van der Waals surface area (Å²) in [6, 6.07) is 9.77. The molecular formula is C17H19NO4. The number of phenolic OH excluding ortho intramolecular Hbond substituents is 1. The summed E-state index contributed by atoms with van der Waals surface area (Å²) in [5.41, 5.74) is 0.133. The number of hydrogen-bond donors (Lipinski definition) is 2. The average molecular weight is 301 g/mol. The predicted molar refractivity (Wildman–Crippen MR) is 83.7 cm³/mol. The molecule has 0 spiro atoms. The quantitative estimate of drug-likeness (QED) is 0.851. The third-order valence-corrected chi connectivity index (χ3v) is 3.55. The molecule has 0 aromatic heterocycles. The van der Waals surface area contributed by atoms with Crippen LogP contribution in [0.15, 0.2) is 36.4 Å². The van der Waals surface area contributed by atoms with E-state index in [1.165, 1.54) is 7.11 Å². The molecule has 0 aliphatic heterocycles. The lowest BCUT2D eigenvalue weighted by Crippen LogP contribution is -2.45. The van der Waals surface area contributed by atoms with Gasteiger partial charge in [-0.05, 0) is 17.4 Å². The molecule has 5 nitrogen and oxygen atoms in total. The molecule has 22 heavy (non-hydrogen) atoms. The van der Waals surface area contributed by atoms with E-state index < -0.39 is 17.9 Å². The molecule has 0 heterocycles. The van der Waals surface area contributed by atoms with Crippen molar-refractivity contribution in [3.63, 3.8) is 0 Å². The van der Waals surface area contributed by atoms with Crippen LogP contribution in [0.1, 0.15) is 24.2 Å². The molecular weight excluding hydrogens is 282 g/mol. The van der Waals surface area contributed by atoms with Crippen LogP contribution in [0.25, 0.3) is 10.8 Å². The van der Waals surface area contributed by atoms with Crippen molar-refractivity contribution in [1.29, 1.82) is 0 Å². The average Bonchev–Trinajstić information content (AvgIpc) is 2.52. The van der Waals surface area contributed by atoms with E-state index in [4.69, 9.17) is 4.74 Å². The summed E-state index contributed by atoms with van der Waals surface area (Å²) in [5.74, 6) is -1.24. The number of esters is 1. The van der Waals surface area contributed by atoms with Gasteiger partial charge in [-0.25, -0.2) is 4.79 Å². The largest absolute Gasteiger partial charge is 0.506 e. The fourth-order valence-corrected chi connectivity index (χ4v) is 2.28. The lowest BCUT2D eigenvalue weighted by molar-refractivity contribution is -0.144. The first-order valence-electron chi connectivity index (χ1n) is 7.05. The molecule has 0 unspecified atom stereocenters. The zero-order valence-corrected chi connectivity index (χ0v) is 12.8. The summed E-state index contributed by atoms with van der Waals surface area (Å²) in [4.78, 5) is 24.1. The van der Waals surface area contributed by atoms with E-state index in [1.807, 2.05) is 26.0 Å². The van der Waals surface area contributed by atoms with Crippen LogP contribution in [-0.4, -0.2) is 30.1 Å². The number of amides is 1. The third kappa shape index (κ3) is 3.03. The number of aromatic hydroxyl groups is 1. The van der Waals surface area contributed by atoms with Gasteiger partial charge in [0.25, 0.3) is 5.91 Å². The van der Waals surface area contributed by atoms with Crippen LogP contribution in [0, 0.1) is 5.92 Å². The van der Waals surface area contributed by atoms with E-state index in [1.54, 1.807) is 24.3 Å². The molecule has 1 atom stereocenters. The Hall–Kier alpha value is -2.56. The number of benzene rings is 2. The van der Waals surface area contributed by atoms with Crippen LogP contribution < -0.4 is 5.32 Å². The molecule has 0 fully saturated rings. The Bertz CT molecular complexity index is 709.